The molecule has 1 amide bonds. The summed E-state index contributed by atoms with van der Waals surface area (Å²) in [5, 5.41) is 2.65. The third-order valence-corrected chi connectivity index (χ3v) is 4.36. The van der Waals surface area contributed by atoms with E-state index in [1.54, 1.807) is 25.2 Å². The fourth-order valence-corrected chi connectivity index (χ4v) is 3.00. The molecule has 6 nitrogen and oxygen atoms in total. The zero-order valence-electron chi connectivity index (χ0n) is 13.4. The van der Waals surface area contributed by atoms with Crippen LogP contribution < -0.4 is 10.0 Å². The van der Waals surface area contributed by atoms with Crippen LogP contribution in [0, 0.1) is 0 Å². The number of rotatable bonds is 8. The highest BCUT2D eigenvalue weighted by Gasteiger charge is 2.17. The molecule has 1 aromatic rings. The number of amides is 1. The van der Waals surface area contributed by atoms with E-state index in [9.17, 15) is 13.2 Å². The number of carbonyl (C=O) groups is 1. The first-order chi connectivity index (χ1) is 10.9. The Morgan fingerprint density at radius 1 is 1.26 bits per heavy atom. The van der Waals surface area contributed by atoms with Crippen LogP contribution in [0.1, 0.15) is 13.8 Å². The Balaban J connectivity index is 2.74. The summed E-state index contributed by atoms with van der Waals surface area (Å²) in [6.07, 6.45) is 6.55. The molecule has 2 N–H and O–H groups in total. The number of hydrogen-bond donors (Lipinski definition) is 2. The predicted molar refractivity (Wildman–Crippen MR) is 90.7 cm³/mol. The Morgan fingerprint density at radius 2 is 1.91 bits per heavy atom. The Hall–Kier alpha value is -1.96. The van der Waals surface area contributed by atoms with E-state index in [4.69, 9.17) is 4.74 Å². The Kier molecular flexibility index (Phi) is 7.67. The molecule has 23 heavy (non-hydrogen) atoms. The van der Waals surface area contributed by atoms with Crippen molar-refractivity contribution in [2.45, 2.75) is 24.8 Å². The molecule has 0 saturated heterocycles. The molecule has 0 aliphatic heterocycles. The average molecular weight is 338 g/mol. The number of nitrogens with one attached hydrogen (secondary N) is 2. The van der Waals surface area contributed by atoms with E-state index >= 15 is 0 Å². The molecule has 1 atom stereocenters. The molecule has 0 fully saturated rings. The van der Waals surface area contributed by atoms with Gasteiger partial charge < -0.3 is 10.1 Å². The summed E-state index contributed by atoms with van der Waals surface area (Å²) in [4.78, 5) is 11.7. The Morgan fingerprint density at radius 3 is 2.48 bits per heavy atom. The molecule has 0 aliphatic carbocycles. The van der Waals surface area contributed by atoms with Crippen LogP contribution in [0.4, 0.5) is 5.69 Å². The van der Waals surface area contributed by atoms with Gasteiger partial charge in [0.05, 0.1) is 11.5 Å². The third kappa shape index (κ3) is 6.77. The minimum Gasteiger partial charge on any atom is -0.383 e. The Labute approximate surface area is 137 Å². The molecular formula is C16H22N2O4S. The highest BCUT2D eigenvalue weighted by molar-refractivity contribution is 7.89. The summed E-state index contributed by atoms with van der Waals surface area (Å²) in [5.74, 6) is -0.287. The van der Waals surface area contributed by atoms with Crippen molar-refractivity contribution in [2.75, 3.05) is 19.0 Å². The van der Waals surface area contributed by atoms with Gasteiger partial charge in [-0.2, -0.15) is 0 Å². The summed E-state index contributed by atoms with van der Waals surface area (Å²) in [6.45, 7) is 3.85. The molecule has 7 heteroatoms. The quantitative estimate of drug-likeness (QED) is 0.561. The molecule has 0 aliphatic rings. The summed E-state index contributed by atoms with van der Waals surface area (Å²) < 4.78 is 31.7. The van der Waals surface area contributed by atoms with Gasteiger partial charge in [-0.25, -0.2) is 13.1 Å². The van der Waals surface area contributed by atoms with Crippen molar-refractivity contribution in [3.63, 3.8) is 0 Å². The molecule has 0 radical (unpaired) electrons. The second-order valence-electron chi connectivity index (χ2n) is 4.88. The normalized spacial score (nSPS) is 13.5. The summed E-state index contributed by atoms with van der Waals surface area (Å²) in [5.41, 5.74) is 0.518. The molecule has 0 spiro atoms. The Bertz CT molecular complexity index is 664. The number of methoxy groups -OCH3 is 1. The second kappa shape index (κ2) is 9.24. The third-order valence-electron chi connectivity index (χ3n) is 2.76. The molecule has 1 rings (SSSR count). The molecule has 1 unspecified atom stereocenters. The van der Waals surface area contributed by atoms with Gasteiger partial charge in [0.25, 0.3) is 0 Å². The van der Waals surface area contributed by atoms with Gasteiger partial charge in [0, 0.05) is 24.9 Å². The average Bonchev–Trinajstić information content (AvgIpc) is 2.47. The van der Waals surface area contributed by atoms with Crippen molar-refractivity contribution in [1.82, 2.24) is 4.72 Å². The number of sulfonamides is 1. The first kappa shape index (κ1) is 19.1. The lowest BCUT2D eigenvalue weighted by Gasteiger charge is -2.13. The van der Waals surface area contributed by atoms with E-state index in [1.165, 1.54) is 37.5 Å². The number of anilines is 1. The van der Waals surface area contributed by atoms with Crippen molar-refractivity contribution < 1.29 is 17.9 Å². The van der Waals surface area contributed by atoms with Crippen LogP contribution in [-0.2, 0) is 19.6 Å². The molecule has 0 heterocycles. The zero-order valence-corrected chi connectivity index (χ0v) is 14.3. The molecule has 0 aromatic heterocycles. The maximum absolute atomic E-state index is 12.2. The minimum absolute atomic E-state index is 0.128. The van der Waals surface area contributed by atoms with Crippen LogP contribution in [0.5, 0.6) is 0 Å². The number of benzene rings is 1. The minimum atomic E-state index is -3.61. The van der Waals surface area contributed by atoms with E-state index < -0.39 is 10.0 Å². The van der Waals surface area contributed by atoms with Crippen molar-refractivity contribution in [2.24, 2.45) is 0 Å². The van der Waals surface area contributed by atoms with Gasteiger partial charge in [0.15, 0.2) is 0 Å². The highest BCUT2D eigenvalue weighted by atomic mass is 32.2. The van der Waals surface area contributed by atoms with Crippen molar-refractivity contribution in [1.29, 1.82) is 0 Å². The number of allylic oxidation sites excluding steroid dienone is 3. The van der Waals surface area contributed by atoms with Crippen molar-refractivity contribution >= 4 is 21.6 Å². The lowest BCUT2D eigenvalue weighted by atomic mass is 10.3. The summed E-state index contributed by atoms with van der Waals surface area (Å²) >= 11 is 0. The summed E-state index contributed by atoms with van der Waals surface area (Å²) in [7, 11) is -2.10. The SMILES string of the molecule is C/C=C/C=C/C(=O)Nc1ccc(S(=O)(=O)NC(C)COC)cc1. The lowest BCUT2D eigenvalue weighted by molar-refractivity contribution is -0.111. The van der Waals surface area contributed by atoms with Crippen LogP contribution in [0.15, 0.2) is 53.5 Å². The van der Waals surface area contributed by atoms with Crippen LogP contribution in [0.3, 0.4) is 0 Å². The van der Waals surface area contributed by atoms with Crippen LogP contribution in [-0.4, -0.2) is 34.1 Å². The molecule has 0 bridgehead atoms. The van der Waals surface area contributed by atoms with Crippen LogP contribution in [0.25, 0.3) is 0 Å². The standard InChI is InChI=1S/C16H22N2O4S/c1-4-5-6-7-16(19)17-14-8-10-15(11-9-14)23(20,21)18-13(2)12-22-3/h4-11,13,18H,12H2,1-3H3,(H,17,19)/b5-4+,7-6+. The van der Waals surface area contributed by atoms with Gasteiger partial charge in [-0.05, 0) is 38.1 Å². The fraction of sp³-hybridized carbons (Fsp3) is 0.312. The largest absolute Gasteiger partial charge is 0.383 e. The van der Waals surface area contributed by atoms with Crippen LogP contribution in [0.2, 0.25) is 0 Å². The van der Waals surface area contributed by atoms with Crippen LogP contribution >= 0.6 is 0 Å². The van der Waals surface area contributed by atoms with Gasteiger partial charge >= 0.3 is 0 Å². The number of hydrogen-bond acceptors (Lipinski definition) is 4. The summed E-state index contributed by atoms with van der Waals surface area (Å²) in [6, 6.07) is 5.62. The monoisotopic (exact) mass is 338 g/mol. The number of carbonyl (C=O) groups excluding carboxylic acids is 1. The molecular weight excluding hydrogens is 316 g/mol. The van der Waals surface area contributed by atoms with Gasteiger partial charge in [0.1, 0.15) is 0 Å². The smallest absolute Gasteiger partial charge is 0.248 e. The zero-order chi connectivity index (χ0) is 17.3. The van der Waals surface area contributed by atoms with E-state index in [2.05, 4.69) is 10.0 Å². The second-order valence-corrected chi connectivity index (χ2v) is 6.59. The number of ether oxygens (including phenoxy) is 1. The molecule has 126 valence electrons. The van der Waals surface area contributed by atoms with Gasteiger partial charge in [-0.15, -0.1) is 0 Å². The topological polar surface area (TPSA) is 84.5 Å². The lowest BCUT2D eigenvalue weighted by Crippen LogP contribution is -2.35. The van der Waals surface area contributed by atoms with Gasteiger partial charge in [-0.1, -0.05) is 18.2 Å². The molecule has 0 saturated carbocycles. The van der Waals surface area contributed by atoms with Crippen molar-refractivity contribution in [3.05, 3.63) is 48.6 Å². The van der Waals surface area contributed by atoms with E-state index in [-0.39, 0.29) is 23.5 Å². The molecule has 1 aromatic carbocycles. The van der Waals surface area contributed by atoms with Gasteiger partial charge in [-0.3, -0.25) is 4.79 Å². The first-order valence-electron chi connectivity index (χ1n) is 7.10. The van der Waals surface area contributed by atoms with Crippen molar-refractivity contribution in [3.8, 4) is 0 Å². The first-order valence-corrected chi connectivity index (χ1v) is 8.59. The van der Waals surface area contributed by atoms with Gasteiger partial charge in [0.2, 0.25) is 15.9 Å². The van der Waals surface area contributed by atoms with E-state index in [0.717, 1.165) is 0 Å². The highest BCUT2D eigenvalue weighted by Crippen LogP contribution is 2.14. The van der Waals surface area contributed by atoms with E-state index in [0.29, 0.717) is 5.69 Å². The maximum atomic E-state index is 12.2. The fourth-order valence-electron chi connectivity index (χ4n) is 1.77. The maximum Gasteiger partial charge on any atom is 0.248 e. The van der Waals surface area contributed by atoms with E-state index in [1.807, 2.05) is 6.92 Å². The predicted octanol–water partition coefficient (Wildman–Crippen LogP) is 2.07.